The van der Waals surface area contributed by atoms with Gasteiger partial charge in [-0.1, -0.05) is 0 Å². The van der Waals surface area contributed by atoms with Crippen molar-refractivity contribution in [2.24, 2.45) is 0 Å². The molecule has 0 saturated carbocycles. The summed E-state index contributed by atoms with van der Waals surface area (Å²) in [6, 6.07) is 3.79. The van der Waals surface area contributed by atoms with E-state index in [0.717, 1.165) is 20.0 Å². The highest BCUT2D eigenvalue weighted by molar-refractivity contribution is 9.11. The monoisotopic (exact) mass is 286 g/mol. The van der Waals surface area contributed by atoms with Gasteiger partial charge in [0.1, 0.15) is 4.60 Å². The van der Waals surface area contributed by atoms with E-state index >= 15 is 0 Å². The van der Waals surface area contributed by atoms with Crippen molar-refractivity contribution in [3.63, 3.8) is 0 Å². The van der Waals surface area contributed by atoms with Crippen LogP contribution < -0.4 is 0 Å². The first kappa shape index (κ1) is 8.13. The number of halogens is 2. The van der Waals surface area contributed by atoms with Crippen molar-refractivity contribution < 1.29 is 0 Å². The highest BCUT2D eigenvalue weighted by Crippen LogP contribution is 2.24. The van der Waals surface area contributed by atoms with Crippen molar-refractivity contribution in [1.82, 2.24) is 9.97 Å². The van der Waals surface area contributed by atoms with Gasteiger partial charge in [0.05, 0.1) is 5.52 Å². The lowest BCUT2D eigenvalue weighted by Crippen LogP contribution is -1.82. The number of hydrogen-bond donors (Lipinski definition) is 0. The molecule has 0 amide bonds. The molecule has 0 aliphatic carbocycles. The zero-order valence-electron chi connectivity index (χ0n) is 5.96. The third-order valence-corrected chi connectivity index (χ3v) is 2.59. The molecule has 2 rings (SSSR count). The van der Waals surface area contributed by atoms with E-state index in [1.54, 1.807) is 12.4 Å². The number of aromatic nitrogens is 2. The Balaban J connectivity index is 2.89. The first-order valence-electron chi connectivity index (χ1n) is 3.33. The van der Waals surface area contributed by atoms with Gasteiger partial charge in [-0.05, 0) is 44.0 Å². The topological polar surface area (TPSA) is 25.8 Å². The van der Waals surface area contributed by atoms with Gasteiger partial charge in [-0.15, -0.1) is 0 Å². The van der Waals surface area contributed by atoms with E-state index in [1.165, 1.54) is 0 Å². The highest BCUT2D eigenvalue weighted by atomic mass is 79.9. The Morgan fingerprint density at radius 3 is 2.92 bits per heavy atom. The van der Waals surface area contributed by atoms with Crippen molar-refractivity contribution in [1.29, 1.82) is 0 Å². The number of rotatable bonds is 0. The molecule has 2 aromatic rings. The highest BCUT2D eigenvalue weighted by Gasteiger charge is 2.00. The fourth-order valence-corrected chi connectivity index (χ4v) is 2.25. The molecule has 0 radical (unpaired) electrons. The molecular formula is C8H4Br2N2. The lowest BCUT2D eigenvalue weighted by Gasteiger charge is -1.98. The number of hydrogen-bond acceptors (Lipinski definition) is 2. The van der Waals surface area contributed by atoms with Crippen LogP contribution in [-0.4, -0.2) is 9.97 Å². The molecule has 2 nitrogen and oxygen atoms in total. The minimum absolute atomic E-state index is 0.827. The first-order chi connectivity index (χ1) is 5.77. The Morgan fingerprint density at radius 1 is 1.25 bits per heavy atom. The minimum atomic E-state index is 0.827. The number of nitrogens with zero attached hydrogens (tertiary/aromatic N) is 2. The fourth-order valence-electron chi connectivity index (χ4n) is 0.998. The molecule has 4 heteroatoms. The Labute approximate surface area is 86.3 Å². The van der Waals surface area contributed by atoms with E-state index in [2.05, 4.69) is 41.8 Å². The largest absolute Gasteiger partial charge is 0.264 e. The molecule has 0 N–H and O–H groups in total. The second-order valence-corrected chi connectivity index (χ2v) is 3.99. The van der Waals surface area contributed by atoms with Crippen molar-refractivity contribution in [2.45, 2.75) is 0 Å². The molecule has 60 valence electrons. The van der Waals surface area contributed by atoms with E-state index in [0.29, 0.717) is 0 Å². The van der Waals surface area contributed by atoms with Crippen LogP contribution in [0.25, 0.3) is 10.9 Å². The zero-order chi connectivity index (χ0) is 8.55. The third-order valence-electron chi connectivity index (χ3n) is 1.53. The summed E-state index contributed by atoms with van der Waals surface area (Å²) in [5.41, 5.74) is 0.936. The average Bonchev–Trinajstić information content (AvgIpc) is 2.04. The summed E-state index contributed by atoms with van der Waals surface area (Å²) >= 11 is 6.76. The minimum Gasteiger partial charge on any atom is -0.264 e. The maximum absolute atomic E-state index is 4.28. The van der Waals surface area contributed by atoms with E-state index in [4.69, 9.17) is 0 Å². The molecule has 0 spiro atoms. The van der Waals surface area contributed by atoms with Gasteiger partial charge in [0.2, 0.25) is 0 Å². The number of pyridine rings is 2. The maximum Gasteiger partial charge on any atom is 0.107 e. The summed E-state index contributed by atoms with van der Waals surface area (Å²) in [5.74, 6) is 0. The van der Waals surface area contributed by atoms with Gasteiger partial charge in [0.25, 0.3) is 0 Å². The van der Waals surface area contributed by atoms with Gasteiger partial charge in [0, 0.05) is 22.3 Å². The second-order valence-electron chi connectivity index (χ2n) is 2.32. The quantitative estimate of drug-likeness (QED) is 0.696. The van der Waals surface area contributed by atoms with E-state index < -0.39 is 0 Å². The van der Waals surface area contributed by atoms with E-state index in [-0.39, 0.29) is 0 Å². The molecule has 0 fully saturated rings. The Morgan fingerprint density at radius 2 is 2.08 bits per heavy atom. The molecule has 2 aromatic heterocycles. The smallest absolute Gasteiger partial charge is 0.107 e. The van der Waals surface area contributed by atoms with Crippen molar-refractivity contribution in [2.75, 3.05) is 0 Å². The molecule has 0 atom stereocenters. The Hall–Kier alpha value is -0.480. The van der Waals surface area contributed by atoms with Crippen LogP contribution >= 0.6 is 31.9 Å². The van der Waals surface area contributed by atoms with Crippen molar-refractivity contribution in [3.8, 4) is 0 Å². The molecule has 12 heavy (non-hydrogen) atoms. The lowest BCUT2D eigenvalue weighted by molar-refractivity contribution is 1.29. The predicted octanol–water partition coefficient (Wildman–Crippen LogP) is 3.15. The standard InChI is InChI=1S/C8H4Br2N2/c9-6-3-8(10)12-7-1-2-11-4-5(6)7/h1-4H. The Kier molecular flexibility index (Phi) is 2.11. The van der Waals surface area contributed by atoms with Gasteiger partial charge < -0.3 is 0 Å². The Bertz CT molecular complexity index is 428. The molecular weight excluding hydrogens is 284 g/mol. The molecule has 0 aliphatic heterocycles. The van der Waals surface area contributed by atoms with Gasteiger partial charge in [-0.3, -0.25) is 4.98 Å². The van der Waals surface area contributed by atoms with Crippen LogP contribution in [0.2, 0.25) is 0 Å². The summed E-state index contributed by atoms with van der Waals surface area (Å²) in [6.45, 7) is 0. The normalized spacial score (nSPS) is 10.5. The van der Waals surface area contributed by atoms with E-state index in [9.17, 15) is 0 Å². The lowest BCUT2D eigenvalue weighted by atomic mass is 10.3. The molecule has 2 heterocycles. The summed E-state index contributed by atoms with van der Waals surface area (Å²) < 4.78 is 1.83. The van der Waals surface area contributed by atoms with Crippen LogP contribution in [-0.2, 0) is 0 Å². The summed E-state index contributed by atoms with van der Waals surface area (Å²) in [4.78, 5) is 8.30. The zero-order valence-corrected chi connectivity index (χ0v) is 9.13. The molecule has 0 unspecified atom stereocenters. The molecule has 0 aromatic carbocycles. The SMILES string of the molecule is Brc1cc(Br)c2cnccc2n1. The predicted molar refractivity (Wildman–Crippen MR) is 54.9 cm³/mol. The molecule has 0 aliphatic rings. The fraction of sp³-hybridized carbons (Fsp3) is 0. The third kappa shape index (κ3) is 1.36. The van der Waals surface area contributed by atoms with Crippen LogP contribution in [0.3, 0.4) is 0 Å². The van der Waals surface area contributed by atoms with Crippen molar-refractivity contribution in [3.05, 3.63) is 33.6 Å². The van der Waals surface area contributed by atoms with Gasteiger partial charge in [-0.2, -0.15) is 0 Å². The summed E-state index contributed by atoms with van der Waals surface area (Å²) in [7, 11) is 0. The molecule has 0 saturated heterocycles. The van der Waals surface area contributed by atoms with Crippen LogP contribution in [0, 0.1) is 0 Å². The summed E-state index contributed by atoms with van der Waals surface area (Å²) in [5, 5.41) is 1.03. The van der Waals surface area contributed by atoms with Crippen LogP contribution in [0.5, 0.6) is 0 Å². The van der Waals surface area contributed by atoms with Crippen LogP contribution in [0.1, 0.15) is 0 Å². The summed E-state index contributed by atoms with van der Waals surface area (Å²) in [6.07, 6.45) is 3.52. The van der Waals surface area contributed by atoms with Crippen LogP contribution in [0.4, 0.5) is 0 Å². The van der Waals surface area contributed by atoms with Gasteiger partial charge >= 0.3 is 0 Å². The number of fused-ring (bicyclic) bond motifs is 1. The maximum atomic E-state index is 4.28. The van der Waals surface area contributed by atoms with Gasteiger partial charge in [-0.25, -0.2) is 4.98 Å². The van der Waals surface area contributed by atoms with E-state index in [1.807, 2.05) is 12.1 Å². The average molecular weight is 288 g/mol. The first-order valence-corrected chi connectivity index (χ1v) is 4.92. The second kappa shape index (κ2) is 3.11. The van der Waals surface area contributed by atoms with Crippen molar-refractivity contribution >= 4 is 42.8 Å². The van der Waals surface area contributed by atoms with Gasteiger partial charge in [0.15, 0.2) is 0 Å². The van der Waals surface area contributed by atoms with Crippen LogP contribution in [0.15, 0.2) is 33.6 Å². The molecule has 0 bridgehead atoms.